The van der Waals surface area contributed by atoms with Crippen molar-refractivity contribution in [2.45, 2.75) is 46.1 Å². The van der Waals surface area contributed by atoms with E-state index in [1.54, 1.807) is 0 Å². The van der Waals surface area contributed by atoms with E-state index < -0.39 is 0 Å². The van der Waals surface area contributed by atoms with E-state index in [0.717, 1.165) is 32.4 Å². The molecule has 0 radical (unpaired) electrons. The fourth-order valence-electron chi connectivity index (χ4n) is 4.49. The molecule has 0 bridgehead atoms. The Morgan fingerprint density at radius 3 is 2.68 bits per heavy atom. The van der Waals surface area contributed by atoms with Gasteiger partial charge in [0.05, 0.1) is 5.92 Å². The van der Waals surface area contributed by atoms with Crippen molar-refractivity contribution in [3.63, 3.8) is 0 Å². The third kappa shape index (κ3) is 4.41. The van der Waals surface area contributed by atoms with Gasteiger partial charge in [-0.25, -0.2) is 0 Å². The van der Waals surface area contributed by atoms with Gasteiger partial charge in [0.25, 0.3) is 0 Å². The maximum absolute atomic E-state index is 12.8. The lowest BCUT2D eigenvalue weighted by Crippen LogP contribution is -2.39. The van der Waals surface area contributed by atoms with Crippen molar-refractivity contribution in [3.05, 3.63) is 34.5 Å². The zero-order chi connectivity index (χ0) is 20.4. The summed E-state index contributed by atoms with van der Waals surface area (Å²) in [7, 11) is 6.39. The predicted molar refractivity (Wildman–Crippen MR) is 117 cm³/mol. The summed E-state index contributed by atoms with van der Waals surface area (Å²) in [4.78, 5) is 20.9. The number of hydrogen-bond acceptors (Lipinski definition) is 3. The molecular formula is C23H36N4O. The highest BCUT2D eigenvalue weighted by atomic mass is 16.1. The van der Waals surface area contributed by atoms with Gasteiger partial charge in [-0.1, -0.05) is 12.1 Å². The van der Waals surface area contributed by atoms with Crippen LogP contribution in [0.15, 0.2) is 12.1 Å². The molecule has 0 saturated carbocycles. The second-order valence-corrected chi connectivity index (χ2v) is 8.81. The normalized spacial score (nSPS) is 21.2. The van der Waals surface area contributed by atoms with Crippen LogP contribution in [0.2, 0.25) is 0 Å². The molecule has 2 atom stereocenters. The smallest absolute Gasteiger partial charge is 0.224 e. The third-order valence-electron chi connectivity index (χ3n) is 6.50. The number of aromatic nitrogens is 1. The number of carbonyl (C=O) groups is 1. The number of benzene rings is 1. The van der Waals surface area contributed by atoms with Gasteiger partial charge in [0.2, 0.25) is 5.91 Å². The number of aryl methyl sites for hydroxylation is 3. The highest BCUT2D eigenvalue weighted by molar-refractivity contribution is 5.88. The van der Waals surface area contributed by atoms with Gasteiger partial charge in [0.1, 0.15) is 0 Å². The van der Waals surface area contributed by atoms with Crippen molar-refractivity contribution in [1.29, 1.82) is 0 Å². The Kier molecular flexibility index (Phi) is 6.46. The second-order valence-electron chi connectivity index (χ2n) is 8.81. The fourth-order valence-corrected chi connectivity index (χ4v) is 4.49. The number of rotatable bonds is 5. The van der Waals surface area contributed by atoms with Gasteiger partial charge < -0.3 is 20.1 Å². The molecule has 154 valence electrons. The minimum atomic E-state index is 0.0870. The Hall–Kier alpha value is -1.85. The van der Waals surface area contributed by atoms with Gasteiger partial charge in [-0.2, -0.15) is 0 Å². The first-order valence-corrected chi connectivity index (χ1v) is 10.5. The summed E-state index contributed by atoms with van der Waals surface area (Å²) < 4.78 is 0. The Morgan fingerprint density at radius 1 is 1.21 bits per heavy atom. The lowest BCUT2D eigenvalue weighted by atomic mass is 10.00. The molecule has 28 heavy (non-hydrogen) atoms. The first kappa shape index (κ1) is 20.9. The molecule has 1 aromatic heterocycles. The fraction of sp³-hybridized carbons (Fsp3) is 0.609. The molecule has 1 saturated heterocycles. The van der Waals surface area contributed by atoms with Crippen LogP contribution in [0, 0.1) is 26.7 Å². The molecule has 2 heterocycles. The van der Waals surface area contributed by atoms with Gasteiger partial charge in [-0.15, -0.1) is 0 Å². The van der Waals surface area contributed by atoms with Gasteiger partial charge in [0.15, 0.2) is 0 Å². The SMILES string of the molecule is Cc1ccc2c(CCNC(=O)[C@@H]3CC[C@H](N(C)C)CN(C)C3)c(C)[nH]c2c1C. The largest absolute Gasteiger partial charge is 0.358 e. The van der Waals surface area contributed by atoms with E-state index in [1.165, 1.54) is 33.3 Å². The average molecular weight is 385 g/mol. The number of amides is 1. The minimum Gasteiger partial charge on any atom is -0.358 e. The summed E-state index contributed by atoms with van der Waals surface area (Å²) in [5, 5.41) is 4.50. The number of fused-ring (bicyclic) bond motifs is 1. The summed E-state index contributed by atoms with van der Waals surface area (Å²) in [6, 6.07) is 4.93. The standard InChI is InChI=1S/C23H36N4O/c1-15-7-10-21-20(17(3)25-22(21)16(15)2)11-12-24-23(28)18-8-9-19(26(4)5)14-27(6)13-18/h7,10,18-19,25H,8-9,11-14H2,1-6H3,(H,24,28)/t18-,19+/m1/s1. The Balaban J connectivity index is 1.61. The molecule has 1 aromatic carbocycles. The van der Waals surface area contributed by atoms with Gasteiger partial charge in [-0.05, 0) is 77.9 Å². The highest BCUT2D eigenvalue weighted by Crippen LogP contribution is 2.27. The number of carbonyl (C=O) groups excluding carboxylic acids is 1. The van der Waals surface area contributed by atoms with Crippen molar-refractivity contribution in [1.82, 2.24) is 20.1 Å². The van der Waals surface area contributed by atoms with Crippen molar-refractivity contribution in [2.24, 2.45) is 5.92 Å². The van der Waals surface area contributed by atoms with E-state index in [-0.39, 0.29) is 11.8 Å². The average Bonchev–Trinajstić information content (AvgIpc) is 2.83. The summed E-state index contributed by atoms with van der Waals surface area (Å²) >= 11 is 0. The van der Waals surface area contributed by atoms with E-state index in [9.17, 15) is 4.79 Å². The monoisotopic (exact) mass is 384 g/mol. The zero-order valence-electron chi connectivity index (χ0n) is 18.4. The predicted octanol–water partition coefficient (Wildman–Crippen LogP) is 3.02. The van der Waals surface area contributed by atoms with Crippen LogP contribution >= 0.6 is 0 Å². The van der Waals surface area contributed by atoms with E-state index in [1.807, 2.05) is 0 Å². The van der Waals surface area contributed by atoms with E-state index in [0.29, 0.717) is 12.6 Å². The maximum Gasteiger partial charge on any atom is 0.224 e. The lowest BCUT2D eigenvalue weighted by Gasteiger charge is -2.25. The molecule has 5 heteroatoms. The number of nitrogens with one attached hydrogen (secondary N) is 2. The van der Waals surface area contributed by atoms with Gasteiger partial charge in [-0.3, -0.25) is 4.79 Å². The summed E-state index contributed by atoms with van der Waals surface area (Å²) in [5.74, 6) is 0.291. The molecule has 1 amide bonds. The Bertz CT molecular complexity index is 839. The van der Waals surface area contributed by atoms with E-state index >= 15 is 0 Å². The van der Waals surface area contributed by atoms with Crippen LogP contribution in [0.5, 0.6) is 0 Å². The first-order valence-electron chi connectivity index (χ1n) is 10.5. The molecule has 2 aromatic rings. The Labute approximate surface area is 169 Å². The van der Waals surface area contributed by atoms with Crippen molar-refractivity contribution >= 4 is 16.8 Å². The zero-order valence-corrected chi connectivity index (χ0v) is 18.4. The molecule has 1 aliphatic heterocycles. The Morgan fingerprint density at radius 2 is 1.96 bits per heavy atom. The number of likely N-dealkylation sites (tertiary alicyclic amines) is 1. The molecule has 0 unspecified atom stereocenters. The van der Waals surface area contributed by atoms with E-state index in [4.69, 9.17) is 0 Å². The summed E-state index contributed by atoms with van der Waals surface area (Å²) in [6.07, 6.45) is 2.90. The number of nitrogens with zero attached hydrogens (tertiary/aromatic N) is 2. The highest BCUT2D eigenvalue weighted by Gasteiger charge is 2.27. The molecule has 1 fully saturated rings. The molecule has 5 nitrogen and oxygen atoms in total. The molecule has 1 aliphatic rings. The second kappa shape index (κ2) is 8.66. The molecule has 2 N–H and O–H groups in total. The van der Waals surface area contributed by atoms with Crippen LogP contribution < -0.4 is 5.32 Å². The molecule has 0 aliphatic carbocycles. The summed E-state index contributed by atoms with van der Waals surface area (Å²) in [6.45, 7) is 9.02. The van der Waals surface area contributed by atoms with E-state index in [2.05, 4.69) is 74.1 Å². The van der Waals surface area contributed by atoms with Crippen molar-refractivity contribution < 1.29 is 4.79 Å². The third-order valence-corrected chi connectivity index (χ3v) is 6.50. The quantitative estimate of drug-likeness (QED) is 0.833. The van der Waals surface area contributed by atoms with Gasteiger partial charge in [0, 0.05) is 42.3 Å². The number of H-pyrrole nitrogens is 1. The van der Waals surface area contributed by atoms with Crippen LogP contribution in [0.25, 0.3) is 10.9 Å². The van der Waals surface area contributed by atoms with Gasteiger partial charge >= 0.3 is 0 Å². The first-order chi connectivity index (χ1) is 13.3. The minimum absolute atomic E-state index is 0.0870. The maximum atomic E-state index is 12.8. The number of hydrogen-bond donors (Lipinski definition) is 2. The van der Waals surface area contributed by atoms with Crippen LogP contribution in [-0.4, -0.2) is 67.5 Å². The lowest BCUT2D eigenvalue weighted by molar-refractivity contribution is -0.125. The molecular weight excluding hydrogens is 348 g/mol. The van der Waals surface area contributed by atoms with Crippen molar-refractivity contribution in [2.75, 3.05) is 40.8 Å². The van der Waals surface area contributed by atoms with Crippen LogP contribution in [0.1, 0.15) is 35.2 Å². The van der Waals surface area contributed by atoms with Crippen LogP contribution in [-0.2, 0) is 11.2 Å². The number of aromatic amines is 1. The molecule has 0 spiro atoms. The van der Waals surface area contributed by atoms with Crippen LogP contribution in [0.4, 0.5) is 0 Å². The summed E-state index contributed by atoms with van der Waals surface area (Å²) in [5.41, 5.74) is 6.39. The number of likely N-dealkylation sites (N-methyl/N-ethyl adjacent to an activating group) is 2. The van der Waals surface area contributed by atoms with Crippen LogP contribution in [0.3, 0.4) is 0 Å². The molecule has 3 rings (SSSR count). The van der Waals surface area contributed by atoms with Crippen molar-refractivity contribution in [3.8, 4) is 0 Å². The topological polar surface area (TPSA) is 51.4 Å².